The fraction of sp³-hybridized carbons (Fsp3) is 0.238. The lowest BCUT2D eigenvalue weighted by Gasteiger charge is -2.20. The highest BCUT2D eigenvalue weighted by atomic mass is 15.2. The van der Waals surface area contributed by atoms with Crippen LogP contribution in [0.4, 0.5) is 23.1 Å². The van der Waals surface area contributed by atoms with E-state index in [1.807, 2.05) is 13.0 Å². The molecule has 1 N–H and O–H groups in total. The predicted octanol–water partition coefficient (Wildman–Crippen LogP) is 4.79. The van der Waals surface area contributed by atoms with Crippen LogP contribution in [0.15, 0.2) is 54.6 Å². The molecule has 0 saturated carbocycles. The quantitative estimate of drug-likeness (QED) is 0.747. The predicted molar refractivity (Wildman–Crippen MR) is 103 cm³/mol. The molecule has 0 bridgehead atoms. The number of nitrogens with one attached hydrogen (secondary N) is 1. The summed E-state index contributed by atoms with van der Waals surface area (Å²) >= 11 is 0. The number of benzene rings is 2. The zero-order valence-electron chi connectivity index (χ0n) is 14.7. The standard InChI is InChI=1S/C21H22N4/c1-3-16-8-4-6-10-18(16)23-21-22-15(2)14-20(24-21)25-13-12-17-9-5-7-11-19(17)25/h4-11,14H,3,12-13H2,1-2H3,(H,22,23,24). The zero-order valence-corrected chi connectivity index (χ0v) is 14.7. The van der Waals surface area contributed by atoms with Crippen LogP contribution in [0.5, 0.6) is 0 Å². The summed E-state index contributed by atoms with van der Waals surface area (Å²) in [6.45, 7) is 5.13. The van der Waals surface area contributed by atoms with Gasteiger partial charge >= 0.3 is 0 Å². The highest BCUT2D eigenvalue weighted by Gasteiger charge is 2.21. The second-order valence-corrected chi connectivity index (χ2v) is 6.36. The lowest BCUT2D eigenvalue weighted by atomic mass is 10.1. The molecule has 1 aromatic heterocycles. The summed E-state index contributed by atoms with van der Waals surface area (Å²) in [7, 11) is 0. The van der Waals surface area contributed by atoms with E-state index in [1.165, 1.54) is 16.8 Å². The molecule has 0 amide bonds. The van der Waals surface area contributed by atoms with Crippen molar-refractivity contribution in [1.82, 2.24) is 9.97 Å². The maximum Gasteiger partial charge on any atom is 0.229 e. The fourth-order valence-corrected chi connectivity index (χ4v) is 3.39. The molecule has 0 radical (unpaired) electrons. The van der Waals surface area contributed by atoms with Gasteiger partial charge in [-0.05, 0) is 43.0 Å². The van der Waals surface area contributed by atoms with Crippen molar-refractivity contribution < 1.29 is 0 Å². The van der Waals surface area contributed by atoms with Gasteiger partial charge in [0, 0.05) is 29.7 Å². The molecule has 0 aliphatic carbocycles. The average Bonchev–Trinajstić information content (AvgIpc) is 3.06. The van der Waals surface area contributed by atoms with Crippen molar-refractivity contribution in [1.29, 1.82) is 0 Å². The molecule has 25 heavy (non-hydrogen) atoms. The Hall–Kier alpha value is -2.88. The van der Waals surface area contributed by atoms with Crippen molar-refractivity contribution >= 4 is 23.1 Å². The Kier molecular flexibility index (Phi) is 4.10. The van der Waals surface area contributed by atoms with Crippen molar-refractivity contribution in [3.63, 3.8) is 0 Å². The summed E-state index contributed by atoms with van der Waals surface area (Å²) in [5, 5.41) is 3.40. The van der Waals surface area contributed by atoms with Gasteiger partial charge in [0.15, 0.2) is 0 Å². The van der Waals surface area contributed by atoms with Crippen LogP contribution in [0.3, 0.4) is 0 Å². The molecule has 4 rings (SSSR count). The largest absolute Gasteiger partial charge is 0.326 e. The second-order valence-electron chi connectivity index (χ2n) is 6.36. The van der Waals surface area contributed by atoms with E-state index in [0.717, 1.165) is 36.6 Å². The number of nitrogens with zero attached hydrogens (tertiary/aromatic N) is 3. The number of para-hydroxylation sites is 2. The Bertz CT molecular complexity index is 904. The summed E-state index contributed by atoms with van der Waals surface area (Å²) in [6, 6.07) is 18.9. The first-order valence-corrected chi connectivity index (χ1v) is 8.80. The molecule has 2 aromatic carbocycles. The van der Waals surface area contributed by atoms with Crippen molar-refractivity contribution in [3.8, 4) is 0 Å². The third-order valence-corrected chi connectivity index (χ3v) is 4.65. The van der Waals surface area contributed by atoms with Crippen LogP contribution in [0.25, 0.3) is 0 Å². The summed E-state index contributed by atoms with van der Waals surface area (Å²) in [4.78, 5) is 11.7. The van der Waals surface area contributed by atoms with E-state index in [0.29, 0.717) is 5.95 Å². The smallest absolute Gasteiger partial charge is 0.229 e. The Labute approximate surface area is 148 Å². The molecular formula is C21H22N4. The molecule has 0 fully saturated rings. The third-order valence-electron chi connectivity index (χ3n) is 4.65. The van der Waals surface area contributed by atoms with Gasteiger partial charge in [0.05, 0.1) is 0 Å². The first-order chi connectivity index (χ1) is 12.2. The fourth-order valence-electron chi connectivity index (χ4n) is 3.39. The molecule has 4 nitrogen and oxygen atoms in total. The van der Waals surface area contributed by atoms with E-state index in [1.54, 1.807) is 0 Å². The third kappa shape index (κ3) is 3.07. The van der Waals surface area contributed by atoms with Crippen LogP contribution < -0.4 is 10.2 Å². The Morgan fingerprint density at radius 1 is 1.04 bits per heavy atom. The minimum atomic E-state index is 0.653. The number of anilines is 4. The van der Waals surface area contributed by atoms with Gasteiger partial charge in [0.1, 0.15) is 5.82 Å². The van der Waals surface area contributed by atoms with Crippen molar-refractivity contribution in [2.45, 2.75) is 26.7 Å². The zero-order chi connectivity index (χ0) is 17.2. The minimum absolute atomic E-state index is 0.653. The first-order valence-electron chi connectivity index (χ1n) is 8.80. The molecule has 4 heteroatoms. The first kappa shape index (κ1) is 15.6. The van der Waals surface area contributed by atoms with Crippen molar-refractivity contribution in [3.05, 3.63) is 71.4 Å². The van der Waals surface area contributed by atoms with Crippen LogP contribution in [0, 0.1) is 6.92 Å². The summed E-state index contributed by atoms with van der Waals surface area (Å²) in [6.07, 6.45) is 2.03. The lowest BCUT2D eigenvalue weighted by Crippen LogP contribution is -2.16. The van der Waals surface area contributed by atoms with E-state index in [4.69, 9.17) is 4.98 Å². The highest BCUT2D eigenvalue weighted by Crippen LogP contribution is 2.34. The molecule has 1 aliphatic rings. The van der Waals surface area contributed by atoms with Crippen LogP contribution in [-0.2, 0) is 12.8 Å². The Morgan fingerprint density at radius 3 is 2.72 bits per heavy atom. The second kappa shape index (κ2) is 6.55. The molecule has 3 aromatic rings. The number of fused-ring (bicyclic) bond motifs is 1. The van der Waals surface area contributed by atoms with Crippen molar-refractivity contribution in [2.75, 3.05) is 16.8 Å². The molecule has 0 atom stereocenters. The van der Waals surface area contributed by atoms with Crippen LogP contribution in [-0.4, -0.2) is 16.5 Å². The van der Waals surface area contributed by atoms with E-state index < -0.39 is 0 Å². The number of aryl methyl sites for hydroxylation is 2. The van der Waals surface area contributed by atoms with E-state index in [-0.39, 0.29) is 0 Å². The molecule has 126 valence electrons. The van der Waals surface area contributed by atoms with Gasteiger partial charge in [0.2, 0.25) is 5.95 Å². The summed E-state index contributed by atoms with van der Waals surface area (Å²) < 4.78 is 0. The number of aromatic nitrogens is 2. The molecular weight excluding hydrogens is 308 g/mol. The van der Waals surface area contributed by atoms with Gasteiger partial charge in [-0.3, -0.25) is 0 Å². The van der Waals surface area contributed by atoms with E-state index in [9.17, 15) is 0 Å². The summed E-state index contributed by atoms with van der Waals surface area (Å²) in [5.74, 6) is 1.61. The molecule has 1 aliphatic heterocycles. The van der Waals surface area contributed by atoms with Gasteiger partial charge in [0.25, 0.3) is 0 Å². The van der Waals surface area contributed by atoms with E-state index >= 15 is 0 Å². The van der Waals surface area contributed by atoms with Crippen LogP contribution >= 0.6 is 0 Å². The monoisotopic (exact) mass is 330 g/mol. The van der Waals surface area contributed by atoms with Gasteiger partial charge in [-0.1, -0.05) is 43.3 Å². The summed E-state index contributed by atoms with van der Waals surface area (Å²) in [5.41, 5.74) is 5.93. The topological polar surface area (TPSA) is 41.1 Å². The maximum atomic E-state index is 4.79. The molecule has 0 unspecified atom stereocenters. The number of rotatable bonds is 4. The molecule has 0 saturated heterocycles. The van der Waals surface area contributed by atoms with Gasteiger partial charge in [-0.15, -0.1) is 0 Å². The van der Waals surface area contributed by atoms with Crippen molar-refractivity contribution in [2.24, 2.45) is 0 Å². The highest BCUT2D eigenvalue weighted by molar-refractivity contribution is 5.69. The Morgan fingerprint density at radius 2 is 1.84 bits per heavy atom. The maximum absolute atomic E-state index is 4.79. The molecule has 0 spiro atoms. The number of hydrogen-bond donors (Lipinski definition) is 1. The average molecular weight is 330 g/mol. The van der Waals surface area contributed by atoms with Gasteiger partial charge in [-0.25, -0.2) is 4.98 Å². The van der Waals surface area contributed by atoms with Crippen LogP contribution in [0.1, 0.15) is 23.7 Å². The minimum Gasteiger partial charge on any atom is -0.326 e. The Balaban J connectivity index is 1.68. The molecule has 2 heterocycles. The van der Waals surface area contributed by atoms with E-state index in [2.05, 4.69) is 70.7 Å². The van der Waals surface area contributed by atoms with Crippen LogP contribution in [0.2, 0.25) is 0 Å². The van der Waals surface area contributed by atoms with Gasteiger partial charge in [-0.2, -0.15) is 4.98 Å². The lowest BCUT2D eigenvalue weighted by molar-refractivity contribution is 0.959. The SMILES string of the molecule is CCc1ccccc1Nc1nc(C)cc(N2CCc3ccccc32)n1. The normalized spacial score (nSPS) is 13.0. The number of hydrogen-bond acceptors (Lipinski definition) is 4. The van der Waals surface area contributed by atoms with Gasteiger partial charge < -0.3 is 10.2 Å².